The predicted octanol–water partition coefficient (Wildman–Crippen LogP) is 4.26. The molecule has 6 nitrogen and oxygen atoms in total. The minimum Gasteiger partial charge on any atom is -0.497 e. The van der Waals surface area contributed by atoms with Gasteiger partial charge in [-0.3, -0.25) is 9.59 Å². The van der Waals surface area contributed by atoms with Crippen LogP contribution in [0.15, 0.2) is 72.8 Å². The molecular formula is C24H22N2O4. The lowest BCUT2D eigenvalue weighted by Gasteiger charge is -2.33. The maximum absolute atomic E-state index is 12.7. The van der Waals surface area contributed by atoms with Crippen LogP contribution in [0.2, 0.25) is 0 Å². The number of carbonyl (C=O) groups is 2. The predicted molar refractivity (Wildman–Crippen MR) is 115 cm³/mol. The van der Waals surface area contributed by atoms with Crippen molar-refractivity contribution < 1.29 is 19.1 Å². The second-order valence-electron chi connectivity index (χ2n) is 7.04. The van der Waals surface area contributed by atoms with Gasteiger partial charge in [-0.05, 0) is 48.9 Å². The van der Waals surface area contributed by atoms with Gasteiger partial charge < -0.3 is 19.7 Å². The molecule has 1 aliphatic rings. The van der Waals surface area contributed by atoms with Crippen molar-refractivity contribution in [2.45, 2.75) is 19.6 Å². The van der Waals surface area contributed by atoms with E-state index >= 15 is 0 Å². The molecule has 152 valence electrons. The van der Waals surface area contributed by atoms with Crippen molar-refractivity contribution in [3.05, 3.63) is 83.9 Å². The van der Waals surface area contributed by atoms with E-state index in [4.69, 9.17) is 9.47 Å². The smallest absolute Gasteiger partial charge is 0.268 e. The molecule has 0 saturated heterocycles. The van der Waals surface area contributed by atoms with Crippen LogP contribution in [-0.4, -0.2) is 25.0 Å². The standard InChI is InChI=1S/C24H22N2O4/c1-16-24(28)26(15-17-6-4-3-5-7-17)21-13-10-19(14-22(21)30-16)25-23(27)18-8-11-20(29-2)12-9-18/h3-14,16H,15H2,1-2H3,(H,25,27). The second-order valence-corrected chi connectivity index (χ2v) is 7.04. The number of carbonyl (C=O) groups excluding carboxylic acids is 2. The van der Waals surface area contributed by atoms with Crippen molar-refractivity contribution in [2.75, 3.05) is 17.3 Å². The van der Waals surface area contributed by atoms with Crippen molar-refractivity contribution in [1.29, 1.82) is 0 Å². The number of hydrogen-bond donors (Lipinski definition) is 1. The molecular weight excluding hydrogens is 380 g/mol. The van der Waals surface area contributed by atoms with Crippen LogP contribution in [-0.2, 0) is 11.3 Å². The van der Waals surface area contributed by atoms with E-state index in [0.717, 1.165) is 5.56 Å². The van der Waals surface area contributed by atoms with E-state index < -0.39 is 6.10 Å². The Bertz CT molecular complexity index is 1060. The zero-order chi connectivity index (χ0) is 21.1. The number of hydrogen-bond acceptors (Lipinski definition) is 4. The monoisotopic (exact) mass is 402 g/mol. The fraction of sp³-hybridized carbons (Fsp3) is 0.167. The molecule has 0 saturated carbocycles. The first kappa shape index (κ1) is 19.5. The summed E-state index contributed by atoms with van der Waals surface area (Å²) in [6.07, 6.45) is -0.603. The van der Waals surface area contributed by atoms with E-state index in [9.17, 15) is 9.59 Å². The molecule has 1 aliphatic heterocycles. The Hall–Kier alpha value is -3.80. The van der Waals surface area contributed by atoms with Gasteiger partial charge in [-0.15, -0.1) is 0 Å². The molecule has 0 aromatic heterocycles. The van der Waals surface area contributed by atoms with Gasteiger partial charge in [-0.25, -0.2) is 0 Å². The van der Waals surface area contributed by atoms with Crippen LogP contribution in [0.4, 0.5) is 11.4 Å². The van der Waals surface area contributed by atoms with Crippen molar-refractivity contribution in [3.8, 4) is 11.5 Å². The summed E-state index contributed by atoms with van der Waals surface area (Å²) in [6.45, 7) is 2.18. The molecule has 0 aliphatic carbocycles. The molecule has 1 atom stereocenters. The molecule has 3 aromatic rings. The van der Waals surface area contributed by atoms with E-state index in [1.807, 2.05) is 30.3 Å². The highest BCUT2D eigenvalue weighted by Gasteiger charge is 2.31. The molecule has 0 fully saturated rings. The van der Waals surface area contributed by atoms with Gasteiger partial charge in [0.1, 0.15) is 11.5 Å². The molecule has 4 rings (SSSR count). The first-order valence-corrected chi connectivity index (χ1v) is 9.66. The fourth-order valence-electron chi connectivity index (χ4n) is 3.36. The van der Waals surface area contributed by atoms with Gasteiger partial charge in [0.2, 0.25) is 0 Å². The Morgan fingerprint density at radius 1 is 1.07 bits per heavy atom. The minimum absolute atomic E-state index is 0.0960. The summed E-state index contributed by atoms with van der Waals surface area (Å²) in [7, 11) is 1.58. The number of nitrogens with one attached hydrogen (secondary N) is 1. The van der Waals surface area contributed by atoms with Gasteiger partial charge in [-0.1, -0.05) is 30.3 Å². The Balaban J connectivity index is 1.56. The first-order chi connectivity index (χ1) is 14.5. The van der Waals surface area contributed by atoms with Crippen LogP contribution in [0.3, 0.4) is 0 Å². The molecule has 1 unspecified atom stereocenters. The van der Waals surface area contributed by atoms with Crippen molar-refractivity contribution >= 4 is 23.2 Å². The van der Waals surface area contributed by atoms with E-state index in [2.05, 4.69) is 5.32 Å². The van der Waals surface area contributed by atoms with Crippen LogP contribution in [0.5, 0.6) is 11.5 Å². The number of ether oxygens (including phenoxy) is 2. The summed E-state index contributed by atoms with van der Waals surface area (Å²) in [5.41, 5.74) is 2.83. The molecule has 0 bridgehead atoms. The summed E-state index contributed by atoms with van der Waals surface area (Å²) in [5.74, 6) is 0.913. The van der Waals surface area contributed by atoms with Crippen LogP contribution in [0.25, 0.3) is 0 Å². The lowest BCUT2D eigenvalue weighted by Crippen LogP contribution is -2.44. The third-order valence-electron chi connectivity index (χ3n) is 4.96. The maximum Gasteiger partial charge on any atom is 0.268 e. The second kappa shape index (κ2) is 8.29. The van der Waals surface area contributed by atoms with Gasteiger partial charge in [0.25, 0.3) is 11.8 Å². The summed E-state index contributed by atoms with van der Waals surface area (Å²) in [6, 6.07) is 22.0. The van der Waals surface area contributed by atoms with Crippen LogP contribution >= 0.6 is 0 Å². The average Bonchev–Trinajstić information content (AvgIpc) is 2.77. The lowest BCUT2D eigenvalue weighted by molar-refractivity contribution is -0.125. The normalized spacial score (nSPS) is 15.2. The molecule has 1 heterocycles. The minimum atomic E-state index is -0.603. The van der Waals surface area contributed by atoms with Gasteiger partial charge in [-0.2, -0.15) is 0 Å². The molecule has 2 amide bonds. The number of methoxy groups -OCH3 is 1. The summed E-state index contributed by atoms with van der Waals surface area (Å²) >= 11 is 0. The average molecular weight is 402 g/mol. The third kappa shape index (κ3) is 3.98. The summed E-state index contributed by atoms with van der Waals surface area (Å²) < 4.78 is 10.9. The highest BCUT2D eigenvalue weighted by Crippen LogP contribution is 2.37. The molecule has 0 radical (unpaired) electrons. The number of anilines is 2. The zero-order valence-corrected chi connectivity index (χ0v) is 16.8. The Labute approximate surface area is 175 Å². The number of nitrogens with zero attached hydrogens (tertiary/aromatic N) is 1. The van der Waals surface area contributed by atoms with Gasteiger partial charge in [0.15, 0.2) is 6.10 Å². The molecule has 0 spiro atoms. The molecule has 1 N–H and O–H groups in total. The van der Waals surface area contributed by atoms with Gasteiger partial charge in [0.05, 0.1) is 19.3 Å². The van der Waals surface area contributed by atoms with E-state index in [-0.39, 0.29) is 11.8 Å². The van der Waals surface area contributed by atoms with Crippen molar-refractivity contribution in [3.63, 3.8) is 0 Å². The number of amides is 2. The first-order valence-electron chi connectivity index (χ1n) is 9.66. The Morgan fingerprint density at radius 3 is 2.50 bits per heavy atom. The highest BCUT2D eigenvalue weighted by molar-refractivity contribution is 6.05. The lowest BCUT2D eigenvalue weighted by atomic mass is 10.1. The molecule has 30 heavy (non-hydrogen) atoms. The van der Waals surface area contributed by atoms with E-state index in [1.54, 1.807) is 61.4 Å². The Morgan fingerprint density at radius 2 is 1.80 bits per heavy atom. The van der Waals surface area contributed by atoms with Crippen molar-refractivity contribution in [2.24, 2.45) is 0 Å². The highest BCUT2D eigenvalue weighted by atomic mass is 16.5. The Kier molecular flexibility index (Phi) is 5.39. The quantitative estimate of drug-likeness (QED) is 0.692. The zero-order valence-electron chi connectivity index (χ0n) is 16.8. The molecule has 6 heteroatoms. The number of rotatable bonds is 5. The van der Waals surface area contributed by atoms with Crippen molar-refractivity contribution in [1.82, 2.24) is 0 Å². The van der Waals surface area contributed by atoms with E-state index in [1.165, 1.54) is 0 Å². The SMILES string of the molecule is COc1ccc(C(=O)Nc2ccc3c(c2)OC(C)C(=O)N3Cc2ccccc2)cc1. The van der Waals surface area contributed by atoms with Crippen LogP contribution in [0, 0.1) is 0 Å². The summed E-state index contributed by atoms with van der Waals surface area (Å²) in [4.78, 5) is 27.0. The third-order valence-corrected chi connectivity index (χ3v) is 4.96. The largest absolute Gasteiger partial charge is 0.497 e. The van der Waals surface area contributed by atoms with Gasteiger partial charge in [0, 0.05) is 17.3 Å². The molecule has 3 aromatic carbocycles. The maximum atomic E-state index is 12.7. The number of benzene rings is 3. The topological polar surface area (TPSA) is 67.9 Å². The number of fused-ring (bicyclic) bond motifs is 1. The van der Waals surface area contributed by atoms with Crippen LogP contribution in [0.1, 0.15) is 22.8 Å². The van der Waals surface area contributed by atoms with E-state index in [0.29, 0.717) is 35.0 Å². The fourth-order valence-corrected chi connectivity index (χ4v) is 3.36. The van der Waals surface area contributed by atoms with Crippen LogP contribution < -0.4 is 19.7 Å². The summed E-state index contributed by atoms with van der Waals surface area (Å²) in [5, 5.41) is 2.87. The van der Waals surface area contributed by atoms with Gasteiger partial charge >= 0.3 is 0 Å².